The number of H-pyrrole nitrogens is 2. The minimum absolute atomic E-state index is 0.0192. The summed E-state index contributed by atoms with van der Waals surface area (Å²) in [5.74, 6) is 0.168. The highest BCUT2D eigenvalue weighted by Crippen LogP contribution is 2.26. The number of aromatic nitrogens is 4. The number of thioether (sulfide) groups is 1. The number of benzene rings is 1. The second-order valence-corrected chi connectivity index (χ2v) is 5.98. The number of aromatic amines is 2. The molecule has 3 aromatic rings. The highest BCUT2D eigenvalue weighted by Gasteiger charge is 2.18. The third kappa shape index (κ3) is 3.04. The van der Waals surface area contributed by atoms with Gasteiger partial charge in [0.25, 0.3) is 11.8 Å². The summed E-state index contributed by atoms with van der Waals surface area (Å²) in [7, 11) is 0. The van der Waals surface area contributed by atoms with Crippen LogP contribution in [0.25, 0.3) is 11.0 Å². The van der Waals surface area contributed by atoms with E-state index in [9.17, 15) is 9.59 Å². The summed E-state index contributed by atoms with van der Waals surface area (Å²) in [6.45, 7) is 2.01. The third-order valence-corrected chi connectivity index (χ3v) is 3.94. The van der Waals surface area contributed by atoms with Gasteiger partial charge in [0.1, 0.15) is 0 Å². The van der Waals surface area contributed by atoms with Gasteiger partial charge in [0.15, 0.2) is 5.82 Å². The van der Waals surface area contributed by atoms with Crippen LogP contribution in [0.5, 0.6) is 0 Å². The van der Waals surface area contributed by atoms with Gasteiger partial charge in [0.2, 0.25) is 5.95 Å². The maximum Gasteiger partial charge on any atom is 0.284 e. The summed E-state index contributed by atoms with van der Waals surface area (Å²) in [5.41, 5.74) is 6.60. The molecule has 0 saturated carbocycles. The van der Waals surface area contributed by atoms with Crippen LogP contribution in [-0.4, -0.2) is 37.5 Å². The second kappa shape index (κ2) is 6.13. The lowest BCUT2D eigenvalue weighted by atomic mass is 10.1. The van der Waals surface area contributed by atoms with Crippen molar-refractivity contribution in [3.05, 3.63) is 35.9 Å². The van der Waals surface area contributed by atoms with Crippen molar-refractivity contribution in [2.24, 2.45) is 5.73 Å². The van der Waals surface area contributed by atoms with E-state index in [2.05, 4.69) is 25.3 Å². The molecule has 0 spiro atoms. The summed E-state index contributed by atoms with van der Waals surface area (Å²) >= 11 is 1.57. The predicted octanol–water partition coefficient (Wildman–Crippen LogP) is 1.75. The first kappa shape index (κ1) is 15.1. The van der Waals surface area contributed by atoms with Gasteiger partial charge < -0.3 is 15.7 Å². The Kier molecular flexibility index (Phi) is 4.02. The van der Waals surface area contributed by atoms with E-state index in [0.29, 0.717) is 22.5 Å². The predicted molar refractivity (Wildman–Crippen MR) is 87.6 cm³/mol. The molecular formula is C14H14N6O2S. The van der Waals surface area contributed by atoms with E-state index in [0.717, 1.165) is 10.6 Å². The van der Waals surface area contributed by atoms with E-state index in [-0.39, 0.29) is 11.7 Å². The van der Waals surface area contributed by atoms with E-state index in [1.165, 1.54) is 6.20 Å². The molecule has 0 fully saturated rings. The zero-order valence-electron chi connectivity index (χ0n) is 12.2. The Morgan fingerprint density at radius 1 is 1.39 bits per heavy atom. The number of imidazole rings is 2. The molecule has 0 aliphatic rings. The standard InChI is InChI=1S/C14H14N6O2S/c1-2-23-7-5-8(13(22)20-14-16-3-4-17-14)10-9(6-7)18-12(19-10)11(15)21/h3-6H,2H2,1H3,(H2,15,21)(H,18,19)(H2,16,17,20,22). The number of carbonyl (C=O) groups is 2. The van der Waals surface area contributed by atoms with Crippen LogP contribution in [0, 0.1) is 0 Å². The number of nitrogens with one attached hydrogen (secondary N) is 3. The molecule has 5 N–H and O–H groups in total. The fraction of sp³-hybridized carbons (Fsp3) is 0.143. The van der Waals surface area contributed by atoms with Crippen LogP contribution in [-0.2, 0) is 0 Å². The van der Waals surface area contributed by atoms with Crippen molar-refractivity contribution in [3.63, 3.8) is 0 Å². The minimum atomic E-state index is -0.678. The molecular weight excluding hydrogens is 316 g/mol. The first-order valence-corrected chi connectivity index (χ1v) is 7.84. The zero-order valence-corrected chi connectivity index (χ0v) is 13.0. The number of carbonyl (C=O) groups excluding carboxylic acids is 2. The maximum absolute atomic E-state index is 12.5. The summed E-state index contributed by atoms with van der Waals surface area (Å²) in [4.78, 5) is 38.4. The van der Waals surface area contributed by atoms with Crippen LogP contribution in [0.15, 0.2) is 29.4 Å². The molecule has 1 aromatic carbocycles. The number of nitrogens with two attached hydrogens (primary N) is 1. The average Bonchev–Trinajstić information content (AvgIpc) is 3.15. The molecule has 2 amide bonds. The van der Waals surface area contributed by atoms with Gasteiger partial charge in [-0.2, -0.15) is 0 Å². The number of fused-ring (bicyclic) bond motifs is 1. The molecule has 0 radical (unpaired) electrons. The Labute approximate surface area is 135 Å². The van der Waals surface area contributed by atoms with Gasteiger partial charge >= 0.3 is 0 Å². The van der Waals surface area contributed by atoms with Crippen molar-refractivity contribution in [1.82, 2.24) is 19.9 Å². The van der Waals surface area contributed by atoms with Crippen LogP contribution in [0.1, 0.15) is 27.9 Å². The SMILES string of the molecule is CCSc1cc(C(=O)Nc2ncc[nH]2)c2[nH]c(C(N)=O)nc2c1. The molecule has 2 aromatic heterocycles. The average molecular weight is 330 g/mol. The topological polar surface area (TPSA) is 130 Å². The molecule has 0 bridgehead atoms. The molecule has 3 rings (SSSR count). The van der Waals surface area contributed by atoms with Gasteiger partial charge in [-0.25, -0.2) is 9.97 Å². The molecule has 118 valence electrons. The highest BCUT2D eigenvalue weighted by molar-refractivity contribution is 7.99. The van der Waals surface area contributed by atoms with Crippen molar-refractivity contribution >= 4 is 40.6 Å². The Hall–Kier alpha value is -2.81. The lowest BCUT2D eigenvalue weighted by Gasteiger charge is -2.06. The van der Waals surface area contributed by atoms with Crippen LogP contribution in [0.2, 0.25) is 0 Å². The summed E-state index contributed by atoms with van der Waals surface area (Å²) in [5, 5.41) is 2.66. The lowest BCUT2D eigenvalue weighted by molar-refractivity contribution is 0.0989. The lowest BCUT2D eigenvalue weighted by Crippen LogP contribution is -2.14. The van der Waals surface area contributed by atoms with Crippen molar-refractivity contribution in [1.29, 1.82) is 0 Å². The molecule has 2 heterocycles. The smallest absolute Gasteiger partial charge is 0.284 e. The quantitative estimate of drug-likeness (QED) is 0.530. The van der Waals surface area contributed by atoms with E-state index < -0.39 is 5.91 Å². The van der Waals surface area contributed by atoms with Crippen molar-refractivity contribution in [2.75, 3.05) is 11.1 Å². The Balaban J connectivity index is 2.08. The maximum atomic E-state index is 12.5. The van der Waals surface area contributed by atoms with Gasteiger partial charge in [-0.15, -0.1) is 11.8 Å². The number of amides is 2. The van der Waals surface area contributed by atoms with Gasteiger partial charge in [-0.3, -0.25) is 14.9 Å². The largest absolute Gasteiger partial charge is 0.363 e. The fourth-order valence-corrected chi connectivity index (χ4v) is 2.87. The Bertz CT molecular complexity index is 871. The number of hydrogen-bond acceptors (Lipinski definition) is 5. The first-order valence-electron chi connectivity index (χ1n) is 6.85. The summed E-state index contributed by atoms with van der Waals surface area (Å²) < 4.78 is 0. The molecule has 0 unspecified atom stereocenters. The molecule has 0 atom stereocenters. The summed E-state index contributed by atoms with van der Waals surface area (Å²) in [6.07, 6.45) is 3.14. The number of hydrogen-bond donors (Lipinski definition) is 4. The van der Waals surface area contributed by atoms with Gasteiger partial charge in [0.05, 0.1) is 16.6 Å². The number of rotatable bonds is 5. The Morgan fingerprint density at radius 3 is 2.87 bits per heavy atom. The zero-order chi connectivity index (χ0) is 16.4. The third-order valence-electron chi connectivity index (χ3n) is 3.09. The molecule has 0 aliphatic carbocycles. The van der Waals surface area contributed by atoms with Crippen LogP contribution in [0.3, 0.4) is 0 Å². The molecule has 23 heavy (non-hydrogen) atoms. The number of nitrogens with zero attached hydrogens (tertiary/aromatic N) is 2. The number of primary amides is 1. The van der Waals surface area contributed by atoms with Gasteiger partial charge in [0, 0.05) is 17.3 Å². The van der Waals surface area contributed by atoms with Gasteiger partial charge in [-0.1, -0.05) is 6.92 Å². The van der Waals surface area contributed by atoms with Crippen molar-refractivity contribution in [2.45, 2.75) is 11.8 Å². The van der Waals surface area contributed by atoms with E-state index >= 15 is 0 Å². The van der Waals surface area contributed by atoms with E-state index in [4.69, 9.17) is 5.73 Å². The van der Waals surface area contributed by atoms with Crippen LogP contribution < -0.4 is 11.1 Å². The molecule has 8 nitrogen and oxygen atoms in total. The first-order chi connectivity index (χ1) is 11.1. The van der Waals surface area contributed by atoms with Gasteiger partial charge in [-0.05, 0) is 17.9 Å². The van der Waals surface area contributed by atoms with Crippen molar-refractivity contribution in [3.8, 4) is 0 Å². The molecule has 0 aliphatic heterocycles. The van der Waals surface area contributed by atoms with E-state index in [1.54, 1.807) is 24.0 Å². The fourth-order valence-electron chi connectivity index (χ4n) is 2.14. The minimum Gasteiger partial charge on any atom is -0.363 e. The molecule has 0 saturated heterocycles. The molecule has 9 heteroatoms. The second-order valence-electron chi connectivity index (χ2n) is 4.64. The van der Waals surface area contributed by atoms with E-state index in [1.807, 2.05) is 13.0 Å². The normalized spacial score (nSPS) is 10.8. The number of anilines is 1. The van der Waals surface area contributed by atoms with Crippen LogP contribution in [0.4, 0.5) is 5.95 Å². The highest BCUT2D eigenvalue weighted by atomic mass is 32.2. The Morgan fingerprint density at radius 2 is 2.22 bits per heavy atom. The van der Waals surface area contributed by atoms with Crippen molar-refractivity contribution < 1.29 is 9.59 Å². The monoisotopic (exact) mass is 330 g/mol. The summed E-state index contributed by atoms with van der Waals surface area (Å²) in [6, 6.07) is 3.56. The van der Waals surface area contributed by atoms with Crippen LogP contribution >= 0.6 is 11.8 Å².